The van der Waals surface area contributed by atoms with Crippen LogP contribution in [0.1, 0.15) is 19.8 Å². The average molecular weight is 313 g/mol. The number of sulfone groups is 1. The lowest BCUT2D eigenvalue weighted by atomic mass is 10.1. The Balaban J connectivity index is 1.71. The zero-order chi connectivity index (χ0) is 15.3. The van der Waals surface area contributed by atoms with Crippen LogP contribution in [0.5, 0.6) is 5.75 Å². The Labute approximate surface area is 126 Å². The summed E-state index contributed by atoms with van der Waals surface area (Å²) in [7, 11) is -3.15. The fourth-order valence-electron chi connectivity index (χ4n) is 2.37. The van der Waals surface area contributed by atoms with E-state index in [2.05, 4.69) is 12.2 Å². The van der Waals surface area contributed by atoms with Crippen molar-refractivity contribution in [2.24, 2.45) is 0 Å². The highest BCUT2D eigenvalue weighted by Crippen LogP contribution is 2.16. The van der Waals surface area contributed by atoms with Crippen molar-refractivity contribution < 1.29 is 17.9 Å². The van der Waals surface area contributed by atoms with Gasteiger partial charge in [-0.2, -0.15) is 0 Å². The molecule has 1 fully saturated rings. The first kappa shape index (κ1) is 16.3. The number of nitrogens with one attached hydrogen (secondary N) is 1. The van der Waals surface area contributed by atoms with E-state index < -0.39 is 9.84 Å². The van der Waals surface area contributed by atoms with Crippen LogP contribution in [0.4, 0.5) is 0 Å². The van der Waals surface area contributed by atoms with Crippen LogP contribution in [0.3, 0.4) is 0 Å². The van der Waals surface area contributed by atoms with Gasteiger partial charge in [0.15, 0.2) is 9.84 Å². The average Bonchev–Trinajstić information content (AvgIpc) is 2.97. The molecule has 0 aliphatic carbocycles. The van der Waals surface area contributed by atoms with Crippen molar-refractivity contribution in [1.29, 1.82) is 0 Å². The Bertz CT molecular complexity index is 535. The normalized spacial score (nSPS) is 20.4. The third-order valence-electron chi connectivity index (χ3n) is 3.61. The van der Waals surface area contributed by atoms with Crippen LogP contribution in [0.15, 0.2) is 29.2 Å². The van der Waals surface area contributed by atoms with Gasteiger partial charge in [0, 0.05) is 25.4 Å². The summed E-state index contributed by atoms with van der Waals surface area (Å²) in [6.45, 7) is 4.25. The third kappa shape index (κ3) is 4.98. The first-order chi connectivity index (χ1) is 9.97. The summed E-state index contributed by atoms with van der Waals surface area (Å²) in [6, 6.07) is 6.81. The summed E-state index contributed by atoms with van der Waals surface area (Å²) in [4.78, 5) is 0.306. The van der Waals surface area contributed by atoms with Crippen molar-refractivity contribution in [3.63, 3.8) is 0 Å². The molecule has 6 heteroatoms. The first-order valence-corrected chi connectivity index (χ1v) is 9.14. The summed E-state index contributed by atoms with van der Waals surface area (Å²) >= 11 is 0. The van der Waals surface area contributed by atoms with Crippen LogP contribution in [-0.4, -0.2) is 46.6 Å². The highest BCUT2D eigenvalue weighted by atomic mass is 32.2. The molecule has 0 amide bonds. The lowest BCUT2D eigenvalue weighted by Crippen LogP contribution is -2.39. The molecule has 0 radical (unpaired) electrons. The molecule has 2 unspecified atom stereocenters. The minimum atomic E-state index is -3.15. The molecule has 1 aliphatic heterocycles. The summed E-state index contributed by atoms with van der Waals surface area (Å²) < 4.78 is 33.9. The van der Waals surface area contributed by atoms with E-state index in [0.717, 1.165) is 26.0 Å². The molecule has 1 aromatic carbocycles. The SMILES string of the molecule is CC(NCCOc1ccc(S(C)(=O)=O)cc1)C1CCCO1. The molecule has 0 bridgehead atoms. The molecule has 0 saturated carbocycles. The van der Waals surface area contributed by atoms with Gasteiger partial charge in [-0.1, -0.05) is 0 Å². The zero-order valence-corrected chi connectivity index (χ0v) is 13.4. The van der Waals surface area contributed by atoms with Gasteiger partial charge in [0.25, 0.3) is 0 Å². The van der Waals surface area contributed by atoms with Crippen LogP contribution in [0, 0.1) is 0 Å². The minimum Gasteiger partial charge on any atom is -0.492 e. The zero-order valence-electron chi connectivity index (χ0n) is 12.5. The topological polar surface area (TPSA) is 64.6 Å². The molecule has 0 aromatic heterocycles. The largest absolute Gasteiger partial charge is 0.492 e. The van der Waals surface area contributed by atoms with Crippen molar-refractivity contribution in [3.8, 4) is 5.75 Å². The van der Waals surface area contributed by atoms with E-state index in [1.807, 2.05) is 0 Å². The smallest absolute Gasteiger partial charge is 0.175 e. The molecule has 1 heterocycles. The minimum absolute atomic E-state index is 0.305. The van der Waals surface area contributed by atoms with Crippen LogP contribution in [-0.2, 0) is 14.6 Å². The quantitative estimate of drug-likeness (QED) is 0.775. The van der Waals surface area contributed by atoms with E-state index in [1.54, 1.807) is 24.3 Å². The van der Waals surface area contributed by atoms with Crippen LogP contribution in [0.2, 0.25) is 0 Å². The molecular weight excluding hydrogens is 290 g/mol. The first-order valence-electron chi connectivity index (χ1n) is 7.25. The molecule has 1 N–H and O–H groups in total. The van der Waals surface area contributed by atoms with Gasteiger partial charge in [-0.05, 0) is 44.0 Å². The summed E-state index contributed by atoms with van der Waals surface area (Å²) in [5.41, 5.74) is 0. The van der Waals surface area contributed by atoms with Crippen molar-refractivity contribution in [2.45, 2.75) is 36.8 Å². The maximum atomic E-state index is 11.3. The number of rotatable bonds is 7. The molecule has 21 heavy (non-hydrogen) atoms. The Morgan fingerprint density at radius 1 is 1.38 bits per heavy atom. The molecular formula is C15H23NO4S. The predicted molar refractivity (Wildman–Crippen MR) is 81.5 cm³/mol. The van der Waals surface area contributed by atoms with E-state index in [-0.39, 0.29) is 0 Å². The maximum absolute atomic E-state index is 11.3. The van der Waals surface area contributed by atoms with Gasteiger partial charge in [0.1, 0.15) is 12.4 Å². The second kappa shape index (κ2) is 7.24. The molecule has 1 aliphatic rings. The number of hydrogen-bond donors (Lipinski definition) is 1. The highest BCUT2D eigenvalue weighted by Gasteiger charge is 2.21. The van der Waals surface area contributed by atoms with Crippen molar-refractivity contribution in [3.05, 3.63) is 24.3 Å². The Kier molecular flexibility index (Phi) is 5.61. The summed E-state index contributed by atoms with van der Waals surface area (Å²) in [5, 5.41) is 3.38. The number of benzene rings is 1. The standard InChI is InChI=1S/C15H23NO4S/c1-12(15-4-3-10-20-15)16-9-11-19-13-5-7-14(8-6-13)21(2,17)18/h5-8,12,15-16H,3-4,9-11H2,1-2H3. The summed E-state index contributed by atoms with van der Waals surface area (Å²) in [5.74, 6) is 0.675. The van der Waals surface area contributed by atoms with Gasteiger partial charge in [-0.3, -0.25) is 0 Å². The van der Waals surface area contributed by atoms with Gasteiger partial charge in [0.05, 0.1) is 11.0 Å². The highest BCUT2D eigenvalue weighted by molar-refractivity contribution is 7.90. The van der Waals surface area contributed by atoms with Crippen molar-refractivity contribution in [2.75, 3.05) is 26.0 Å². The van der Waals surface area contributed by atoms with Gasteiger partial charge in [-0.15, -0.1) is 0 Å². The Morgan fingerprint density at radius 3 is 2.67 bits per heavy atom. The van der Waals surface area contributed by atoms with Crippen molar-refractivity contribution >= 4 is 9.84 Å². The van der Waals surface area contributed by atoms with Gasteiger partial charge < -0.3 is 14.8 Å². The monoisotopic (exact) mass is 313 g/mol. The molecule has 118 valence electrons. The van der Waals surface area contributed by atoms with Gasteiger partial charge >= 0.3 is 0 Å². The Hall–Kier alpha value is -1.11. The van der Waals surface area contributed by atoms with Crippen LogP contribution in [0.25, 0.3) is 0 Å². The second-order valence-corrected chi connectivity index (χ2v) is 7.40. The van der Waals surface area contributed by atoms with Gasteiger partial charge in [-0.25, -0.2) is 8.42 Å². The lowest BCUT2D eigenvalue weighted by molar-refractivity contribution is 0.0824. The van der Waals surface area contributed by atoms with Crippen LogP contribution < -0.4 is 10.1 Å². The van der Waals surface area contributed by atoms with E-state index in [9.17, 15) is 8.42 Å². The van der Waals surface area contributed by atoms with Crippen LogP contribution >= 0.6 is 0 Å². The molecule has 2 rings (SSSR count). The fourth-order valence-corrected chi connectivity index (χ4v) is 3.00. The van der Waals surface area contributed by atoms with E-state index >= 15 is 0 Å². The predicted octanol–water partition coefficient (Wildman–Crippen LogP) is 1.63. The number of hydrogen-bond acceptors (Lipinski definition) is 5. The lowest BCUT2D eigenvalue weighted by Gasteiger charge is -2.20. The summed E-state index contributed by atoms with van der Waals surface area (Å²) in [6.07, 6.45) is 3.75. The molecule has 1 saturated heterocycles. The molecule has 5 nitrogen and oxygen atoms in total. The second-order valence-electron chi connectivity index (χ2n) is 5.39. The molecule has 0 spiro atoms. The van der Waals surface area contributed by atoms with E-state index in [0.29, 0.717) is 29.4 Å². The molecule has 2 atom stereocenters. The van der Waals surface area contributed by atoms with E-state index in [4.69, 9.17) is 9.47 Å². The third-order valence-corrected chi connectivity index (χ3v) is 4.74. The maximum Gasteiger partial charge on any atom is 0.175 e. The Morgan fingerprint density at radius 2 is 2.10 bits per heavy atom. The fraction of sp³-hybridized carbons (Fsp3) is 0.600. The number of ether oxygens (including phenoxy) is 2. The van der Waals surface area contributed by atoms with Crippen molar-refractivity contribution in [1.82, 2.24) is 5.32 Å². The molecule has 1 aromatic rings. The van der Waals surface area contributed by atoms with E-state index in [1.165, 1.54) is 6.26 Å². The van der Waals surface area contributed by atoms with Gasteiger partial charge in [0.2, 0.25) is 0 Å².